The highest BCUT2D eigenvalue weighted by Crippen LogP contribution is 2.26. The summed E-state index contributed by atoms with van der Waals surface area (Å²) in [5.74, 6) is -0.304. The highest BCUT2D eigenvalue weighted by molar-refractivity contribution is 6.44. The third-order valence-corrected chi connectivity index (χ3v) is 3.44. The van der Waals surface area contributed by atoms with Gasteiger partial charge in [-0.2, -0.15) is 0 Å². The van der Waals surface area contributed by atoms with Gasteiger partial charge in [0.1, 0.15) is 0 Å². The molecule has 0 unspecified atom stereocenters. The third-order valence-electron chi connectivity index (χ3n) is 2.62. The van der Waals surface area contributed by atoms with Gasteiger partial charge in [0.05, 0.1) is 15.6 Å². The quantitative estimate of drug-likeness (QED) is 0.907. The van der Waals surface area contributed by atoms with Gasteiger partial charge in [-0.1, -0.05) is 41.4 Å². The molecular weight excluding hydrogens is 283 g/mol. The van der Waals surface area contributed by atoms with E-state index in [2.05, 4.69) is 5.32 Å². The van der Waals surface area contributed by atoms with Gasteiger partial charge in [0.2, 0.25) is 0 Å². The molecule has 2 rings (SSSR count). The van der Waals surface area contributed by atoms with E-state index in [-0.39, 0.29) is 10.9 Å². The lowest BCUT2D eigenvalue weighted by molar-refractivity contribution is 0.102. The molecule has 0 saturated carbocycles. The lowest BCUT2D eigenvalue weighted by Gasteiger charge is -2.08. The number of halogens is 2. The van der Waals surface area contributed by atoms with Crippen LogP contribution in [0.5, 0.6) is 0 Å². The number of nitrogens with one attached hydrogen (secondary N) is 1. The van der Waals surface area contributed by atoms with E-state index in [9.17, 15) is 4.79 Å². The first-order valence-electron chi connectivity index (χ1n) is 5.66. The molecule has 0 aliphatic rings. The predicted octanol–water partition coefficient (Wildman–Crippen LogP) is 3.70. The average molecular weight is 295 g/mol. The molecule has 98 valence electrons. The first-order valence-corrected chi connectivity index (χ1v) is 6.42. The molecule has 2 aromatic carbocycles. The molecule has 3 nitrogen and oxygen atoms in total. The van der Waals surface area contributed by atoms with Crippen molar-refractivity contribution >= 4 is 34.8 Å². The lowest BCUT2D eigenvalue weighted by atomic mass is 10.1. The minimum absolute atomic E-state index is 0.247. The number of carbonyl (C=O) groups is 1. The number of carbonyl (C=O) groups excluding carboxylic acids is 1. The standard InChI is InChI=1S/C14H12Cl2N2O/c15-12-6-2-5-11(13(12)16)14(19)18-10-4-1-3-9(7-10)8-17/h1-7H,8,17H2,(H,18,19). The summed E-state index contributed by atoms with van der Waals surface area (Å²) >= 11 is 11.9. The maximum atomic E-state index is 12.1. The Morgan fingerprint density at radius 3 is 2.63 bits per heavy atom. The molecule has 5 heteroatoms. The van der Waals surface area contributed by atoms with E-state index in [0.717, 1.165) is 5.56 Å². The van der Waals surface area contributed by atoms with E-state index in [1.165, 1.54) is 0 Å². The summed E-state index contributed by atoms with van der Waals surface area (Å²) in [6, 6.07) is 12.3. The van der Waals surface area contributed by atoms with Crippen LogP contribution in [0, 0.1) is 0 Å². The largest absolute Gasteiger partial charge is 0.326 e. The Hall–Kier alpha value is -1.55. The molecule has 3 N–H and O–H groups in total. The van der Waals surface area contributed by atoms with E-state index < -0.39 is 0 Å². The van der Waals surface area contributed by atoms with Crippen molar-refractivity contribution in [3.05, 3.63) is 63.6 Å². The summed E-state index contributed by atoms with van der Waals surface area (Å²) in [7, 11) is 0. The van der Waals surface area contributed by atoms with E-state index >= 15 is 0 Å². The van der Waals surface area contributed by atoms with Gasteiger partial charge >= 0.3 is 0 Å². The molecular formula is C14H12Cl2N2O. The van der Waals surface area contributed by atoms with E-state index in [1.807, 2.05) is 18.2 Å². The molecule has 1 amide bonds. The molecule has 0 atom stereocenters. The zero-order valence-corrected chi connectivity index (χ0v) is 11.5. The van der Waals surface area contributed by atoms with Crippen LogP contribution in [0.25, 0.3) is 0 Å². The zero-order chi connectivity index (χ0) is 13.8. The Bertz CT molecular complexity index is 614. The topological polar surface area (TPSA) is 55.1 Å². The minimum Gasteiger partial charge on any atom is -0.326 e. The Morgan fingerprint density at radius 2 is 1.89 bits per heavy atom. The highest BCUT2D eigenvalue weighted by Gasteiger charge is 2.12. The summed E-state index contributed by atoms with van der Waals surface area (Å²) < 4.78 is 0. The highest BCUT2D eigenvalue weighted by atomic mass is 35.5. The van der Waals surface area contributed by atoms with Gasteiger partial charge in [-0.3, -0.25) is 4.79 Å². The van der Waals surface area contributed by atoms with Gasteiger partial charge in [0.25, 0.3) is 5.91 Å². The van der Waals surface area contributed by atoms with Crippen molar-refractivity contribution in [1.82, 2.24) is 0 Å². The number of nitrogens with two attached hydrogens (primary N) is 1. The van der Waals surface area contributed by atoms with E-state index in [1.54, 1.807) is 24.3 Å². The van der Waals surface area contributed by atoms with Crippen LogP contribution in [0.1, 0.15) is 15.9 Å². The fraction of sp³-hybridized carbons (Fsp3) is 0.0714. The Labute approximate surface area is 121 Å². The van der Waals surface area contributed by atoms with Crippen LogP contribution >= 0.6 is 23.2 Å². The van der Waals surface area contributed by atoms with Gasteiger partial charge in [0.15, 0.2) is 0 Å². The summed E-state index contributed by atoms with van der Waals surface area (Å²) in [5, 5.41) is 3.36. The monoisotopic (exact) mass is 294 g/mol. The first-order chi connectivity index (χ1) is 9.11. The molecule has 19 heavy (non-hydrogen) atoms. The Morgan fingerprint density at radius 1 is 1.16 bits per heavy atom. The fourth-order valence-corrected chi connectivity index (χ4v) is 2.04. The van der Waals surface area contributed by atoms with Gasteiger partial charge < -0.3 is 11.1 Å². The second kappa shape index (κ2) is 6.06. The Kier molecular flexibility index (Phi) is 4.43. The van der Waals surface area contributed by atoms with Crippen molar-refractivity contribution in [3.8, 4) is 0 Å². The van der Waals surface area contributed by atoms with Gasteiger partial charge in [0, 0.05) is 12.2 Å². The van der Waals surface area contributed by atoms with Crippen LogP contribution in [0.15, 0.2) is 42.5 Å². The van der Waals surface area contributed by atoms with E-state index in [0.29, 0.717) is 22.8 Å². The van der Waals surface area contributed by atoms with Crippen molar-refractivity contribution in [2.75, 3.05) is 5.32 Å². The van der Waals surface area contributed by atoms with Crippen molar-refractivity contribution < 1.29 is 4.79 Å². The number of hydrogen-bond donors (Lipinski definition) is 2. The maximum absolute atomic E-state index is 12.1. The molecule has 0 aliphatic heterocycles. The number of benzene rings is 2. The molecule has 0 radical (unpaired) electrons. The summed E-state index contributed by atoms with van der Waals surface area (Å²) in [5.41, 5.74) is 7.50. The second-order valence-corrected chi connectivity index (χ2v) is 4.75. The average Bonchev–Trinajstić information content (AvgIpc) is 2.42. The molecule has 0 heterocycles. The van der Waals surface area contributed by atoms with E-state index in [4.69, 9.17) is 28.9 Å². The smallest absolute Gasteiger partial charge is 0.257 e. The molecule has 0 saturated heterocycles. The third kappa shape index (κ3) is 3.26. The molecule has 2 aromatic rings. The molecule has 0 aromatic heterocycles. The Balaban J connectivity index is 2.23. The fourth-order valence-electron chi connectivity index (χ4n) is 1.65. The van der Waals surface area contributed by atoms with Crippen LogP contribution in [0.3, 0.4) is 0 Å². The van der Waals surface area contributed by atoms with Gasteiger partial charge in [-0.15, -0.1) is 0 Å². The van der Waals surface area contributed by atoms with Crippen LogP contribution < -0.4 is 11.1 Å². The van der Waals surface area contributed by atoms with Crippen LogP contribution in [-0.2, 0) is 6.54 Å². The first kappa shape index (κ1) is 13.9. The zero-order valence-electron chi connectivity index (χ0n) is 9.99. The van der Waals surface area contributed by atoms with Crippen LogP contribution in [0.4, 0.5) is 5.69 Å². The summed E-state index contributed by atoms with van der Waals surface area (Å²) in [6.07, 6.45) is 0. The summed E-state index contributed by atoms with van der Waals surface area (Å²) in [4.78, 5) is 12.1. The minimum atomic E-state index is -0.304. The number of amides is 1. The van der Waals surface area contributed by atoms with Crippen molar-refractivity contribution in [3.63, 3.8) is 0 Å². The number of rotatable bonds is 3. The van der Waals surface area contributed by atoms with Crippen molar-refractivity contribution in [2.45, 2.75) is 6.54 Å². The normalized spacial score (nSPS) is 10.3. The lowest BCUT2D eigenvalue weighted by Crippen LogP contribution is -2.13. The molecule has 0 fully saturated rings. The van der Waals surface area contributed by atoms with Gasteiger partial charge in [-0.25, -0.2) is 0 Å². The van der Waals surface area contributed by atoms with Crippen molar-refractivity contribution in [1.29, 1.82) is 0 Å². The number of anilines is 1. The predicted molar refractivity (Wildman–Crippen MR) is 78.7 cm³/mol. The second-order valence-electron chi connectivity index (χ2n) is 3.96. The van der Waals surface area contributed by atoms with Crippen LogP contribution in [-0.4, -0.2) is 5.91 Å². The van der Waals surface area contributed by atoms with Crippen LogP contribution in [0.2, 0.25) is 10.0 Å². The maximum Gasteiger partial charge on any atom is 0.257 e. The SMILES string of the molecule is NCc1cccc(NC(=O)c2cccc(Cl)c2Cl)c1. The molecule has 0 aliphatic carbocycles. The van der Waals surface area contributed by atoms with Gasteiger partial charge in [-0.05, 0) is 29.8 Å². The number of hydrogen-bond acceptors (Lipinski definition) is 2. The molecule has 0 bridgehead atoms. The molecule has 0 spiro atoms. The summed E-state index contributed by atoms with van der Waals surface area (Å²) in [6.45, 7) is 0.418. The van der Waals surface area contributed by atoms with Crippen molar-refractivity contribution in [2.24, 2.45) is 5.73 Å².